The molecule has 48 heavy (non-hydrogen) atoms. The lowest BCUT2D eigenvalue weighted by Crippen LogP contribution is -2.36. The Balaban J connectivity index is 1.29. The predicted octanol–water partition coefficient (Wildman–Crippen LogP) is 8.78. The molecule has 0 aliphatic carbocycles. The molecule has 0 unspecified atom stereocenters. The molecule has 0 spiro atoms. The maximum Gasteiger partial charge on any atom is 0.274 e. The van der Waals surface area contributed by atoms with Crippen molar-refractivity contribution in [1.29, 1.82) is 0 Å². The number of para-hydroxylation sites is 1. The number of aliphatic hydroxyl groups excluding tert-OH is 1. The number of aliphatic hydroxyl groups is 1. The van der Waals surface area contributed by atoms with E-state index in [1.54, 1.807) is 6.07 Å². The second-order valence-electron chi connectivity index (χ2n) is 13.0. The molecule has 2 atom stereocenters. The number of hydrogen-bond donors (Lipinski definition) is 2. The smallest absolute Gasteiger partial charge is 0.274 e. The number of carbonyl (C=O) groups is 1. The summed E-state index contributed by atoms with van der Waals surface area (Å²) < 4.78 is 21.4. The molecule has 1 aliphatic heterocycles. The van der Waals surface area contributed by atoms with Crippen LogP contribution in [0.2, 0.25) is 0 Å². The Hall–Kier alpha value is -4.89. The van der Waals surface area contributed by atoms with E-state index in [9.17, 15) is 14.1 Å². The molecule has 7 rings (SSSR count). The third kappa shape index (κ3) is 6.22. The predicted molar refractivity (Wildman–Crippen MR) is 193 cm³/mol. The van der Waals surface area contributed by atoms with E-state index in [-0.39, 0.29) is 24.2 Å². The third-order valence-electron chi connectivity index (χ3n) is 8.62. The summed E-state index contributed by atoms with van der Waals surface area (Å²) in [5.74, 6) is 0.388. The second kappa shape index (κ2) is 13.0. The Labute approximate surface area is 282 Å². The number of nitrogens with zero attached hydrogens (tertiary/aromatic N) is 2. The first-order chi connectivity index (χ1) is 23.2. The van der Waals surface area contributed by atoms with E-state index in [1.165, 1.54) is 0 Å². The van der Waals surface area contributed by atoms with Gasteiger partial charge >= 0.3 is 0 Å². The molecule has 2 aromatic heterocycles. The van der Waals surface area contributed by atoms with Gasteiger partial charge in [0.2, 0.25) is 0 Å². The van der Waals surface area contributed by atoms with Crippen molar-refractivity contribution in [3.05, 3.63) is 132 Å². The van der Waals surface area contributed by atoms with Gasteiger partial charge in [-0.15, -0.1) is 0 Å². The zero-order chi connectivity index (χ0) is 33.4. The van der Waals surface area contributed by atoms with Crippen molar-refractivity contribution in [1.82, 2.24) is 9.29 Å². The molecule has 8 heteroatoms. The number of hydrogen-bond acceptors (Lipinski definition) is 5. The van der Waals surface area contributed by atoms with Crippen LogP contribution < -0.4 is 5.32 Å². The first-order valence-corrected chi connectivity index (χ1v) is 17.2. The van der Waals surface area contributed by atoms with Gasteiger partial charge < -0.3 is 14.8 Å². The second-order valence-corrected chi connectivity index (χ2v) is 15.2. The average molecular weight is 656 g/mol. The Morgan fingerprint density at radius 3 is 2.29 bits per heavy atom. The number of aromatic nitrogens is 1. The van der Waals surface area contributed by atoms with E-state index < -0.39 is 15.7 Å². The highest BCUT2D eigenvalue weighted by Gasteiger charge is 2.40. The molecule has 0 saturated heterocycles. The lowest BCUT2D eigenvalue weighted by Gasteiger charge is -2.30. The quantitative estimate of drug-likeness (QED) is 0.171. The van der Waals surface area contributed by atoms with Crippen LogP contribution in [0.5, 0.6) is 0 Å². The van der Waals surface area contributed by atoms with Crippen LogP contribution in [0.25, 0.3) is 44.7 Å². The molecular weight excluding hydrogens is 619 g/mol. The summed E-state index contributed by atoms with van der Waals surface area (Å²) >= 11 is 0. The zero-order valence-electron chi connectivity index (χ0n) is 27.1. The topological polar surface area (TPSA) is 95.7 Å². The van der Waals surface area contributed by atoms with Crippen LogP contribution in [-0.2, 0) is 17.5 Å². The number of nitrogens with one attached hydrogen (secondary N) is 1. The highest BCUT2D eigenvalue weighted by molar-refractivity contribution is 7.84. The van der Waals surface area contributed by atoms with Gasteiger partial charge in [-0.3, -0.25) is 4.79 Å². The molecule has 7 nitrogen and oxygen atoms in total. The van der Waals surface area contributed by atoms with E-state index in [1.807, 2.05) is 134 Å². The van der Waals surface area contributed by atoms with E-state index in [0.717, 1.165) is 50.1 Å². The Kier molecular flexibility index (Phi) is 8.56. The number of rotatable bonds is 8. The van der Waals surface area contributed by atoms with Gasteiger partial charge in [-0.05, 0) is 80.3 Å². The first kappa shape index (κ1) is 31.7. The van der Waals surface area contributed by atoms with Crippen molar-refractivity contribution in [3.8, 4) is 33.7 Å². The minimum Gasteiger partial charge on any atom is -0.456 e. The van der Waals surface area contributed by atoms with Gasteiger partial charge in [0, 0.05) is 40.9 Å². The molecule has 0 bridgehead atoms. The molecule has 0 saturated carbocycles. The highest BCUT2D eigenvalue weighted by atomic mass is 32.2. The van der Waals surface area contributed by atoms with E-state index in [0.29, 0.717) is 24.3 Å². The van der Waals surface area contributed by atoms with Gasteiger partial charge in [-0.2, -0.15) is 0 Å². The van der Waals surface area contributed by atoms with Gasteiger partial charge in [-0.1, -0.05) is 78.9 Å². The van der Waals surface area contributed by atoms with Crippen LogP contribution in [0.1, 0.15) is 54.8 Å². The summed E-state index contributed by atoms with van der Waals surface area (Å²) in [4.78, 5) is 18.8. The molecule has 0 radical (unpaired) electrons. The van der Waals surface area contributed by atoms with Crippen LogP contribution in [0.15, 0.2) is 120 Å². The summed E-state index contributed by atoms with van der Waals surface area (Å²) in [7, 11) is -1.37. The van der Waals surface area contributed by atoms with Crippen LogP contribution in [0.4, 0.5) is 5.69 Å². The SMILES string of the molecule is CC(C)(C)[S@](=O)N1Cc2cc(C(=O)Nc3ccc(-c4ccccc4)cc3)nc(-c3cccc(-c4cc5ccccc5o4)c3)c2[C@@H]1CCO. The minimum atomic E-state index is -1.37. The molecule has 0 fully saturated rings. The number of furan rings is 1. The Morgan fingerprint density at radius 2 is 1.56 bits per heavy atom. The lowest BCUT2D eigenvalue weighted by molar-refractivity contribution is 0.102. The number of fused-ring (bicyclic) bond motifs is 2. The normalized spacial score (nSPS) is 15.4. The van der Waals surface area contributed by atoms with Gasteiger partial charge in [0.15, 0.2) is 0 Å². The van der Waals surface area contributed by atoms with Gasteiger partial charge in [0.25, 0.3) is 5.91 Å². The summed E-state index contributed by atoms with van der Waals surface area (Å²) in [6.45, 7) is 6.12. The first-order valence-electron chi connectivity index (χ1n) is 16.1. The fourth-order valence-electron chi connectivity index (χ4n) is 6.32. The maximum absolute atomic E-state index is 13.8. The Morgan fingerprint density at radius 1 is 0.875 bits per heavy atom. The molecule has 6 aromatic rings. The minimum absolute atomic E-state index is 0.0817. The number of carbonyl (C=O) groups excluding carboxylic acids is 1. The van der Waals surface area contributed by atoms with Crippen molar-refractivity contribution in [2.45, 2.75) is 44.5 Å². The monoisotopic (exact) mass is 655 g/mol. The highest BCUT2D eigenvalue weighted by Crippen LogP contribution is 2.44. The van der Waals surface area contributed by atoms with Crippen molar-refractivity contribution in [2.75, 3.05) is 11.9 Å². The fraction of sp³-hybridized carbons (Fsp3) is 0.200. The summed E-state index contributed by atoms with van der Waals surface area (Å²) in [6, 6.07) is 37.1. The molecule has 4 aromatic carbocycles. The molecule has 242 valence electrons. The summed E-state index contributed by atoms with van der Waals surface area (Å²) in [6.07, 6.45) is 0.381. The standard InChI is InChI=1S/C40H37N3O4S/c1-40(2,3)48(46)43-25-31-23-33(39(45)41-32-18-16-27(17-19-32)26-10-5-4-6-11-26)42-38(37(31)34(43)20-21-44)30-14-9-13-28(22-30)36-24-29-12-7-8-15-35(29)47-36/h4-19,22-24,34,44H,20-21,25H2,1-3H3,(H,41,45)/t34-,48-/m0/s1. The molecule has 2 N–H and O–H groups in total. The van der Waals surface area contributed by atoms with Crippen molar-refractivity contribution >= 4 is 33.5 Å². The summed E-state index contributed by atoms with van der Waals surface area (Å²) in [5.41, 5.74) is 7.93. The third-order valence-corrected chi connectivity index (χ3v) is 10.5. The Bertz CT molecular complexity index is 2100. The van der Waals surface area contributed by atoms with Gasteiger partial charge in [-0.25, -0.2) is 13.5 Å². The fourth-order valence-corrected chi connectivity index (χ4v) is 7.72. The molecule has 1 aliphatic rings. The van der Waals surface area contributed by atoms with Crippen molar-refractivity contribution < 1.29 is 18.5 Å². The van der Waals surface area contributed by atoms with Gasteiger partial charge in [0.05, 0.1) is 16.5 Å². The van der Waals surface area contributed by atoms with Gasteiger partial charge in [0.1, 0.15) is 28.0 Å². The number of pyridine rings is 1. The summed E-state index contributed by atoms with van der Waals surface area (Å²) in [5, 5.41) is 14.2. The maximum atomic E-state index is 13.8. The van der Waals surface area contributed by atoms with Crippen LogP contribution in [-0.4, -0.2) is 35.9 Å². The van der Waals surface area contributed by atoms with E-state index >= 15 is 0 Å². The van der Waals surface area contributed by atoms with E-state index in [2.05, 4.69) is 5.32 Å². The number of anilines is 1. The van der Waals surface area contributed by atoms with Crippen molar-refractivity contribution in [3.63, 3.8) is 0 Å². The lowest BCUT2D eigenvalue weighted by atomic mass is 9.94. The van der Waals surface area contributed by atoms with Crippen LogP contribution >= 0.6 is 0 Å². The van der Waals surface area contributed by atoms with E-state index in [4.69, 9.17) is 9.40 Å². The zero-order valence-corrected chi connectivity index (χ0v) is 28.0. The van der Waals surface area contributed by atoms with Crippen LogP contribution in [0.3, 0.4) is 0 Å². The average Bonchev–Trinajstić information content (AvgIpc) is 3.70. The van der Waals surface area contributed by atoms with Crippen LogP contribution in [0, 0.1) is 0 Å². The number of benzene rings is 4. The molecule has 3 heterocycles. The number of amides is 1. The van der Waals surface area contributed by atoms with Crippen molar-refractivity contribution in [2.24, 2.45) is 0 Å². The largest absolute Gasteiger partial charge is 0.456 e. The molecule has 1 amide bonds. The molecular formula is C40H37N3O4S.